The molecule has 0 unspecified atom stereocenters. The largest absolute Gasteiger partial charge is 0.494 e. The summed E-state index contributed by atoms with van der Waals surface area (Å²) < 4.78 is 26.0. The lowest BCUT2D eigenvalue weighted by Crippen LogP contribution is -2.13. The summed E-state index contributed by atoms with van der Waals surface area (Å²) in [7, 11) is 3.60. The Kier molecular flexibility index (Phi) is 9.40. The Morgan fingerprint density at radius 2 is 1.92 bits per heavy atom. The highest BCUT2D eigenvalue weighted by Gasteiger charge is 2.17. The summed E-state index contributed by atoms with van der Waals surface area (Å²) >= 11 is 6.48. The Balaban J connectivity index is 1.58. The average Bonchev–Trinajstić information content (AvgIpc) is 2.92. The third kappa shape index (κ3) is 7.49. The monoisotopic (exact) mass is 549 g/mol. The molecule has 0 spiro atoms. The molecule has 0 atom stereocenters. The molecule has 10 heteroatoms. The number of halogens is 2. The number of aromatic nitrogens is 3. The van der Waals surface area contributed by atoms with E-state index in [1.54, 1.807) is 49.5 Å². The number of likely N-dealkylation sites (N-methyl/N-ethyl adjacent to an activating group) is 1. The lowest BCUT2D eigenvalue weighted by molar-refractivity contribution is -0.116. The van der Waals surface area contributed by atoms with Gasteiger partial charge < -0.3 is 19.7 Å². The zero-order valence-electron chi connectivity index (χ0n) is 21.9. The van der Waals surface area contributed by atoms with Crippen molar-refractivity contribution in [1.82, 2.24) is 19.9 Å². The summed E-state index contributed by atoms with van der Waals surface area (Å²) in [5, 5.41) is 4.32. The number of nitrogens with one attached hydrogen (secondary N) is 1. The molecular weight excluding hydrogens is 521 g/mol. The number of carbonyl (C=O) groups is 1. The van der Waals surface area contributed by atoms with Gasteiger partial charge in [-0.05, 0) is 63.5 Å². The molecule has 0 aliphatic rings. The normalized spacial score (nSPS) is 11.6. The van der Waals surface area contributed by atoms with E-state index in [0.717, 1.165) is 5.69 Å². The highest BCUT2D eigenvalue weighted by molar-refractivity contribution is 6.32. The molecule has 0 aliphatic heterocycles. The van der Waals surface area contributed by atoms with Gasteiger partial charge in [-0.25, -0.2) is 14.4 Å². The van der Waals surface area contributed by atoms with Gasteiger partial charge in [-0.2, -0.15) is 0 Å². The molecule has 2 aromatic carbocycles. The van der Waals surface area contributed by atoms with Crippen LogP contribution < -0.4 is 14.8 Å². The van der Waals surface area contributed by atoms with Gasteiger partial charge in [-0.1, -0.05) is 17.7 Å². The van der Waals surface area contributed by atoms with Crippen molar-refractivity contribution in [3.05, 3.63) is 89.2 Å². The van der Waals surface area contributed by atoms with Gasteiger partial charge in [0.25, 0.3) is 0 Å². The van der Waals surface area contributed by atoms with Crippen LogP contribution in [0.5, 0.6) is 11.5 Å². The van der Waals surface area contributed by atoms with Crippen molar-refractivity contribution in [2.75, 3.05) is 32.6 Å². The number of nitrogens with zero attached hydrogens (tertiary/aromatic N) is 4. The number of anilines is 2. The van der Waals surface area contributed by atoms with Gasteiger partial charge in [0.2, 0.25) is 0 Å². The number of hydrogen-bond acceptors (Lipinski definition) is 8. The maximum absolute atomic E-state index is 14.4. The first-order valence-electron chi connectivity index (χ1n) is 12.4. The molecule has 39 heavy (non-hydrogen) atoms. The van der Waals surface area contributed by atoms with E-state index in [4.69, 9.17) is 21.1 Å². The summed E-state index contributed by atoms with van der Waals surface area (Å²) in [4.78, 5) is 27.4. The first kappa shape index (κ1) is 27.9. The van der Waals surface area contributed by atoms with Crippen LogP contribution in [0.15, 0.2) is 73.0 Å². The van der Waals surface area contributed by atoms with Crippen LogP contribution in [0.1, 0.15) is 18.2 Å². The number of fused-ring (bicyclic) bond motifs is 1. The summed E-state index contributed by atoms with van der Waals surface area (Å²) in [6.07, 6.45) is 4.24. The van der Waals surface area contributed by atoms with Crippen molar-refractivity contribution in [1.29, 1.82) is 0 Å². The summed E-state index contributed by atoms with van der Waals surface area (Å²) in [6, 6.07) is 14.4. The van der Waals surface area contributed by atoms with E-state index in [1.807, 2.05) is 31.2 Å². The van der Waals surface area contributed by atoms with Crippen LogP contribution in [0.2, 0.25) is 5.02 Å². The number of pyridine rings is 1. The SMILES string of the molecule is CCOc1cc2ncnc(Nc3ccc(OCc4ccccn4)c(Cl)c3)c2cc1CC(=O)/C(F)=C\CN(C)C. The highest BCUT2D eigenvalue weighted by Crippen LogP contribution is 2.33. The number of hydrogen-bond donors (Lipinski definition) is 1. The molecule has 0 radical (unpaired) electrons. The van der Waals surface area contributed by atoms with Crippen molar-refractivity contribution in [2.45, 2.75) is 20.0 Å². The van der Waals surface area contributed by atoms with Gasteiger partial charge in [-0.15, -0.1) is 0 Å². The van der Waals surface area contributed by atoms with Crippen molar-refractivity contribution >= 4 is 39.8 Å². The van der Waals surface area contributed by atoms with Crippen molar-refractivity contribution in [3.63, 3.8) is 0 Å². The van der Waals surface area contributed by atoms with Crippen LogP contribution in [0, 0.1) is 0 Å². The minimum absolute atomic E-state index is 0.163. The molecule has 2 aromatic heterocycles. The number of allylic oxidation sites excluding steroid dienone is 1. The summed E-state index contributed by atoms with van der Waals surface area (Å²) in [5.74, 6) is 0.0804. The van der Waals surface area contributed by atoms with Crippen LogP contribution in [-0.4, -0.2) is 52.9 Å². The Hall–Kier alpha value is -4.08. The predicted molar refractivity (Wildman–Crippen MR) is 150 cm³/mol. The number of Topliss-reactive ketones (excluding diaryl/α,β-unsaturated/α-hetero) is 1. The molecule has 2 heterocycles. The molecule has 0 bridgehead atoms. The molecule has 1 N–H and O–H groups in total. The van der Waals surface area contributed by atoms with Gasteiger partial charge in [0.15, 0.2) is 11.6 Å². The molecule has 0 aliphatic carbocycles. The lowest BCUT2D eigenvalue weighted by atomic mass is 10.0. The highest BCUT2D eigenvalue weighted by atomic mass is 35.5. The van der Waals surface area contributed by atoms with E-state index in [-0.39, 0.29) is 6.42 Å². The second kappa shape index (κ2) is 13.1. The molecule has 202 valence electrons. The topological polar surface area (TPSA) is 89.5 Å². The molecule has 0 saturated heterocycles. The number of ether oxygens (including phenoxy) is 2. The van der Waals surface area contributed by atoms with Gasteiger partial charge in [-0.3, -0.25) is 9.78 Å². The smallest absolute Gasteiger partial charge is 0.195 e. The molecule has 4 rings (SSSR count). The van der Waals surface area contributed by atoms with Crippen LogP contribution in [-0.2, 0) is 17.8 Å². The number of carbonyl (C=O) groups excluding carboxylic acids is 1. The zero-order chi connectivity index (χ0) is 27.8. The average molecular weight is 550 g/mol. The Morgan fingerprint density at radius 1 is 1.08 bits per heavy atom. The maximum Gasteiger partial charge on any atom is 0.195 e. The minimum Gasteiger partial charge on any atom is -0.494 e. The Bertz CT molecular complexity index is 1480. The Morgan fingerprint density at radius 3 is 2.64 bits per heavy atom. The molecule has 0 saturated carbocycles. The fraction of sp³-hybridized carbons (Fsp3) is 0.241. The molecular formula is C29H29ClFN5O3. The van der Waals surface area contributed by atoms with Crippen LogP contribution in [0.3, 0.4) is 0 Å². The van der Waals surface area contributed by atoms with E-state index in [9.17, 15) is 9.18 Å². The number of benzene rings is 2. The third-order valence-electron chi connectivity index (χ3n) is 5.67. The first-order valence-corrected chi connectivity index (χ1v) is 12.7. The summed E-state index contributed by atoms with van der Waals surface area (Å²) in [6.45, 7) is 2.84. The van der Waals surface area contributed by atoms with Gasteiger partial charge >= 0.3 is 0 Å². The number of ketones is 1. The van der Waals surface area contributed by atoms with E-state index in [1.165, 1.54) is 12.4 Å². The second-order valence-electron chi connectivity index (χ2n) is 8.93. The van der Waals surface area contributed by atoms with E-state index in [0.29, 0.717) is 64.3 Å². The standard InChI is InChI=1S/C29H29ClFN5O3/c1-4-38-28-16-25-22(13-19(28)14-26(37)24(31)10-12-36(2)3)29(34-18-33-25)35-20-8-9-27(23(30)15-20)39-17-21-7-5-6-11-32-21/h5-11,13,15-16,18H,4,12,14,17H2,1-3H3,(H,33,34,35)/b24-10+. The van der Waals surface area contributed by atoms with Crippen molar-refractivity contribution < 1.29 is 18.7 Å². The van der Waals surface area contributed by atoms with Crippen molar-refractivity contribution in [2.24, 2.45) is 0 Å². The van der Waals surface area contributed by atoms with Crippen LogP contribution in [0.25, 0.3) is 10.9 Å². The predicted octanol–water partition coefficient (Wildman–Crippen LogP) is 5.93. The molecule has 0 fully saturated rings. The zero-order valence-corrected chi connectivity index (χ0v) is 22.7. The van der Waals surface area contributed by atoms with E-state index < -0.39 is 11.6 Å². The lowest BCUT2D eigenvalue weighted by Gasteiger charge is -2.14. The molecule has 8 nitrogen and oxygen atoms in total. The Labute approximate surface area is 231 Å². The van der Waals surface area contributed by atoms with Gasteiger partial charge in [0.1, 0.15) is 30.3 Å². The second-order valence-corrected chi connectivity index (χ2v) is 9.33. The fourth-order valence-corrected chi connectivity index (χ4v) is 3.99. The van der Waals surface area contributed by atoms with Gasteiger partial charge in [0, 0.05) is 41.9 Å². The minimum atomic E-state index is -0.783. The molecule has 0 amide bonds. The van der Waals surface area contributed by atoms with Crippen molar-refractivity contribution in [3.8, 4) is 11.5 Å². The van der Waals surface area contributed by atoms with Gasteiger partial charge in [0.05, 0.1) is 22.8 Å². The molecule has 4 aromatic rings. The van der Waals surface area contributed by atoms with E-state index in [2.05, 4.69) is 20.3 Å². The quantitative estimate of drug-likeness (QED) is 0.218. The van der Waals surface area contributed by atoms with Crippen LogP contribution >= 0.6 is 11.6 Å². The number of rotatable bonds is 12. The third-order valence-corrected chi connectivity index (χ3v) is 5.96. The summed E-state index contributed by atoms with van der Waals surface area (Å²) in [5.41, 5.74) is 2.61. The first-order chi connectivity index (χ1) is 18.8. The van der Waals surface area contributed by atoms with E-state index >= 15 is 0 Å². The van der Waals surface area contributed by atoms with Crippen LogP contribution in [0.4, 0.5) is 15.9 Å². The maximum atomic E-state index is 14.4. The fourth-order valence-electron chi connectivity index (χ4n) is 3.76.